The molecule has 0 spiro atoms. The summed E-state index contributed by atoms with van der Waals surface area (Å²) >= 11 is 3.16. The van der Waals surface area contributed by atoms with Gasteiger partial charge in [-0.3, -0.25) is 10.1 Å². The Bertz CT molecular complexity index is 424. The minimum Gasteiger partial charge on any atom is -0.393 e. The van der Waals surface area contributed by atoms with Gasteiger partial charge in [-0.1, -0.05) is 6.07 Å². The summed E-state index contributed by atoms with van der Waals surface area (Å²) in [6.45, 7) is 3.13. The van der Waals surface area contributed by atoms with Gasteiger partial charge in [0, 0.05) is 19.2 Å². The van der Waals surface area contributed by atoms with E-state index in [0.717, 1.165) is 12.1 Å². The maximum Gasteiger partial charge on any atom is 0.283 e. The minimum absolute atomic E-state index is 0.0800. The first-order chi connectivity index (χ1) is 8.40. The summed E-state index contributed by atoms with van der Waals surface area (Å²) in [5.74, 6) is 0. The van der Waals surface area contributed by atoms with Gasteiger partial charge in [0.2, 0.25) is 0 Å². The number of hydrogen-bond donors (Lipinski definition) is 1. The summed E-state index contributed by atoms with van der Waals surface area (Å²) in [7, 11) is 1.93. The molecule has 6 heteroatoms. The molecule has 100 valence electrons. The predicted molar refractivity (Wildman–Crippen MR) is 73.4 cm³/mol. The molecule has 1 atom stereocenters. The molecule has 0 bridgehead atoms. The van der Waals surface area contributed by atoms with Crippen LogP contribution in [0.2, 0.25) is 0 Å². The van der Waals surface area contributed by atoms with Crippen LogP contribution in [0.3, 0.4) is 0 Å². The van der Waals surface area contributed by atoms with Crippen LogP contribution in [0.25, 0.3) is 0 Å². The van der Waals surface area contributed by atoms with Crippen LogP contribution in [-0.4, -0.2) is 34.6 Å². The number of aliphatic hydroxyl groups excluding tert-OH is 1. The van der Waals surface area contributed by atoms with E-state index >= 15 is 0 Å². The van der Waals surface area contributed by atoms with E-state index in [1.54, 1.807) is 19.1 Å². The largest absolute Gasteiger partial charge is 0.393 e. The highest BCUT2D eigenvalue weighted by atomic mass is 79.9. The van der Waals surface area contributed by atoms with Gasteiger partial charge in [0.15, 0.2) is 0 Å². The Morgan fingerprint density at radius 1 is 1.56 bits per heavy atom. The van der Waals surface area contributed by atoms with E-state index in [4.69, 9.17) is 0 Å². The van der Waals surface area contributed by atoms with Crippen molar-refractivity contribution in [2.75, 3.05) is 13.6 Å². The highest BCUT2D eigenvalue weighted by Gasteiger charge is 2.13. The average molecular weight is 317 g/mol. The van der Waals surface area contributed by atoms with Crippen molar-refractivity contribution < 1.29 is 10.0 Å². The Hall–Kier alpha value is -0.980. The van der Waals surface area contributed by atoms with Gasteiger partial charge in [-0.25, -0.2) is 0 Å². The van der Waals surface area contributed by atoms with Crippen molar-refractivity contribution in [3.05, 3.63) is 38.3 Å². The first kappa shape index (κ1) is 15.1. The fourth-order valence-corrected chi connectivity index (χ4v) is 1.99. The van der Waals surface area contributed by atoms with Crippen LogP contribution in [0.4, 0.5) is 5.69 Å². The van der Waals surface area contributed by atoms with E-state index < -0.39 is 4.92 Å². The summed E-state index contributed by atoms with van der Waals surface area (Å²) in [6, 6.07) is 5.12. The van der Waals surface area contributed by atoms with Crippen LogP contribution in [0.15, 0.2) is 22.7 Å². The zero-order valence-electron chi connectivity index (χ0n) is 10.5. The molecule has 0 fully saturated rings. The molecule has 0 heterocycles. The molecule has 1 rings (SSSR count). The van der Waals surface area contributed by atoms with Crippen molar-refractivity contribution in [1.82, 2.24) is 4.90 Å². The standard InChI is InChI=1S/C12H17BrN2O3/c1-9(16)5-6-14(2)8-10-3-4-11(13)12(7-10)15(17)18/h3-4,7,9,16H,5-6,8H2,1-2H3. The fraction of sp³-hybridized carbons (Fsp3) is 0.500. The van der Waals surface area contributed by atoms with Gasteiger partial charge in [0.05, 0.1) is 15.5 Å². The van der Waals surface area contributed by atoms with E-state index in [-0.39, 0.29) is 11.8 Å². The van der Waals surface area contributed by atoms with Gasteiger partial charge in [0.1, 0.15) is 0 Å². The molecule has 18 heavy (non-hydrogen) atoms. The molecule has 1 unspecified atom stereocenters. The molecule has 1 aromatic carbocycles. The lowest BCUT2D eigenvalue weighted by atomic mass is 10.2. The molecule has 0 saturated heterocycles. The number of hydrogen-bond acceptors (Lipinski definition) is 4. The van der Waals surface area contributed by atoms with Gasteiger partial charge in [-0.15, -0.1) is 0 Å². The molecule has 5 nitrogen and oxygen atoms in total. The van der Waals surface area contributed by atoms with Crippen molar-refractivity contribution in [2.45, 2.75) is 26.0 Å². The highest BCUT2D eigenvalue weighted by Crippen LogP contribution is 2.26. The molecule has 0 aliphatic carbocycles. The molecular formula is C12H17BrN2O3. The zero-order valence-corrected chi connectivity index (χ0v) is 12.1. The quantitative estimate of drug-likeness (QED) is 0.647. The minimum atomic E-state index is -0.399. The molecule has 0 aromatic heterocycles. The van der Waals surface area contributed by atoms with Crippen LogP contribution < -0.4 is 0 Å². The monoisotopic (exact) mass is 316 g/mol. The number of benzene rings is 1. The van der Waals surface area contributed by atoms with Crippen molar-refractivity contribution in [3.63, 3.8) is 0 Å². The molecule has 0 radical (unpaired) electrons. The maximum absolute atomic E-state index is 10.8. The summed E-state index contributed by atoms with van der Waals surface area (Å²) in [6.07, 6.45) is 0.362. The topological polar surface area (TPSA) is 66.6 Å². The predicted octanol–water partition coefficient (Wildman–Crippen LogP) is 2.56. The molecule has 0 aliphatic heterocycles. The number of nitrogens with zero attached hydrogens (tertiary/aromatic N) is 2. The van der Waals surface area contributed by atoms with Gasteiger partial charge in [0.25, 0.3) is 5.69 Å². The normalized spacial score (nSPS) is 12.7. The first-order valence-electron chi connectivity index (χ1n) is 5.69. The first-order valence-corrected chi connectivity index (χ1v) is 6.49. The maximum atomic E-state index is 10.8. The third-order valence-electron chi connectivity index (χ3n) is 2.59. The van der Waals surface area contributed by atoms with Crippen molar-refractivity contribution in [1.29, 1.82) is 0 Å². The smallest absolute Gasteiger partial charge is 0.283 e. The molecule has 0 saturated carbocycles. The summed E-state index contributed by atoms with van der Waals surface area (Å²) < 4.78 is 0.489. The third-order valence-corrected chi connectivity index (χ3v) is 3.26. The van der Waals surface area contributed by atoms with E-state index in [9.17, 15) is 15.2 Å². The Kier molecular flexibility index (Phi) is 5.71. The van der Waals surface area contributed by atoms with Crippen LogP contribution >= 0.6 is 15.9 Å². The second-order valence-electron chi connectivity index (χ2n) is 4.42. The number of rotatable bonds is 6. The third kappa shape index (κ3) is 4.72. The van der Waals surface area contributed by atoms with Crippen LogP contribution in [0, 0.1) is 10.1 Å². The summed E-state index contributed by atoms with van der Waals surface area (Å²) in [5.41, 5.74) is 0.967. The Labute approximate surface area is 115 Å². The van der Waals surface area contributed by atoms with Crippen LogP contribution in [0.1, 0.15) is 18.9 Å². The van der Waals surface area contributed by atoms with Crippen molar-refractivity contribution >= 4 is 21.6 Å². The lowest BCUT2D eigenvalue weighted by Gasteiger charge is -2.17. The van der Waals surface area contributed by atoms with Crippen molar-refractivity contribution in [3.8, 4) is 0 Å². The van der Waals surface area contributed by atoms with Crippen LogP contribution in [-0.2, 0) is 6.54 Å². The van der Waals surface area contributed by atoms with Gasteiger partial charge in [-0.05, 0) is 48.0 Å². The van der Waals surface area contributed by atoms with Gasteiger partial charge >= 0.3 is 0 Å². The average Bonchev–Trinajstić information content (AvgIpc) is 2.28. The van der Waals surface area contributed by atoms with E-state index in [1.165, 1.54) is 0 Å². The fourth-order valence-electron chi connectivity index (χ4n) is 1.59. The Morgan fingerprint density at radius 3 is 2.78 bits per heavy atom. The van der Waals surface area contributed by atoms with Crippen molar-refractivity contribution in [2.24, 2.45) is 0 Å². The lowest BCUT2D eigenvalue weighted by Crippen LogP contribution is -2.22. The number of nitro benzene ring substituents is 1. The second kappa shape index (κ2) is 6.82. The number of nitro groups is 1. The SMILES string of the molecule is CC(O)CCN(C)Cc1ccc(Br)c([N+](=O)[O-])c1. The van der Waals surface area contributed by atoms with Crippen LogP contribution in [0.5, 0.6) is 0 Å². The Morgan fingerprint density at radius 2 is 2.22 bits per heavy atom. The number of halogens is 1. The molecule has 1 N–H and O–H groups in total. The molecule has 0 aliphatic rings. The summed E-state index contributed by atoms with van der Waals surface area (Å²) in [5, 5.41) is 20.0. The Balaban J connectivity index is 2.67. The van der Waals surface area contributed by atoms with E-state index in [0.29, 0.717) is 17.4 Å². The van der Waals surface area contributed by atoms with E-state index in [2.05, 4.69) is 15.9 Å². The highest BCUT2D eigenvalue weighted by molar-refractivity contribution is 9.10. The zero-order chi connectivity index (χ0) is 13.7. The molecule has 1 aromatic rings. The summed E-state index contributed by atoms with van der Waals surface area (Å²) in [4.78, 5) is 12.4. The van der Waals surface area contributed by atoms with Gasteiger partial charge in [-0.2, -0.15) is 0 Å². The van der Waals surface area contributed by atoms with Gasteiger partial charge < -0.3 is 10.0 Å². The lowest BCUT2D eigenvalue weighted by molar-refractivity contribution is -0.385. The molecule has 0 amide bonds. The second-order valence-corrected chi connectivity index (χ2v) is 5.27. The van der Waals surface area contributed by atoms with E-state index in [1.807, 2.05) is 18.0 Å². The number of aliphatic hydroxyl groups is 1. The molecular weight excluding hydrogens is 300 g/mol.